The monoisotopic (exact) mass is 450 g/mol. The SMILES string of the molecule is CCC(CC)n1cc(CNCC2CCN(c3ncc(C(=O)NO)cn3)CC2)c2ccccc21. The summed E-state index contributed by atoms with van der Waals surface area (Å²) in [6, 6.07) is 9.27. The summed E-state index contributed by atoms with van der Waals surface area (Å²) in [6.45, 7) is 8.19. The van der Waals surface area contributed by atoms with Gasteiger partial charge in [-0.3, -0.25) is 10.0 Å². The van der Waals surface area contributed by atoms with Crippen molar-refractivity contribution in [1.82, 2.24) is 25.3 Å². The van der Waals surface area contributed by atoms with Gasteiger partial charge in [-0.25, -0.2) is 15.4 Å². The summed E-state index contributed by atoms with van der Waals surface area (Å²) in [5, 5.41) is 13.8. The Morgan fingerprint density at radius 3 is 2.52 bits per heavy atom. The van der Waals surface area contributed by atoms with E-state index in [1.54, 1.807) is 5.48 Å². The molecule has 2 aromatic heterocycles. The molecule has 1 aromatic carbocycles. The molecule has 0 radical (unpaired) electrons. The fourth-order valence-electron chi connectivity index (χ4n) is 4.82. The van der Waals surface area contributed by atoms with Crippen LogP contribution in [0, 0.1) is 5.92 Å². The Bertz CT molecular complexity index is 1050. The molecule has 1 saturated heterocycles. The molecule has 176 valence electrons. The van der Waals surface area contributed by atoms with Crippen LogP contribution < -0.4 is 15.7 Å². The summed E-state index contributed by atoms with van der Waals surface area (Å²) < 4.78 is 2.46. The number of aromatic nitrogens is 3. The lowest BCUT2D eigenvalue weighted by atomic mass is 9.97. The average Bonchev–Trinajstić information content (AvgIpc) is 3.23. The van der Waals surface area contributed by atoms with Crippen molar-refractivity contribution in [2.45, 2.75) is 52.1 Å². The van der Waals surface area contributed by atoms with Crippen molar-refractivity contribution in [2.24, 2.45) is 5.92 Å². The molecular weight excluding hydrogens is 416 g/mol. The smallest absolute Gasteiger partial charge is 0.277 e. The molecule has 0 saturated carbocycles. The van der Waals surface area contributed by atoms with Crippen molar-refractivity contribution in [3.8, 4) is 0 Å². The van der Waals surface area contributed by atoms with E-state index in [1.165, 1.54) is 28.9 Å². The van der Waals surface area contributed by atoms with E-state index in [-0.39, 0.29) is 5.56 Å². The van der Waals surface area contributed by atoms with Crippen LogP contribution in [0.15, 0.2) is 42.9 Å². The number of anilines is 1. The highest BCUT2D eigenvalue weighted by molar-refractivity contribution is 5.92. The molecule has 4 rings (SSSR count). The Hall–Kier alpha value is -2.97. The van der Waals surface area contributed by atoms with E-state index in [0.717, 1.165) is 51.9 Å². The molecule has 33 heavy (non-hydrogen) atoms. The Morgan fingerprint density at radius 2 is 1.85 bits per heavy atom. The van der Waals surface area contributed by atoms with E-state index in [9.17, 15) is 4.79 Å². The maximum atomic E-state index is 11.4. The summed E-state index contributed by atoms with van der Waals surface area (Å²) in [7, 11) is 0. The first-order valence-corrected chi connectivity index (χ1v) is 11.9. The van der Waals surface area contributed by atoms with E-state index < -0.39 is 5.91 Å². The maximum absolute atomic E-state index is 11.4. The second kappa shape index (κ2) is 10.8. The van der Waals surface area contributed by atoms with E-state index in [4.69, 9.17) is 5.21 Å². The lowest BCUT2D eigenvalue weighted by Gasteiger charge is -2.32. The Morgan fingerprint density at radius 1 is 1.15 bits per heavy atom. The first kappa shape index (κ1) is 23.2. The second-order valence-corrected chi connectivity index (χ2v) is 8.82. The molecule has 0 bridgehead atoms. The number of para-hydroxylation sites is 1. The van der Waals surface area contributed by atoms with Gasteiger partial charge >= 0.3 is 0 Å². The predicted molar refractivity (Wildman–Crippen MR) is 129 cm³/mol. The van der Waals surface area contributed by atoms with E-state index in [2.05, 4.69) is 69.1 Å². The molecule has 3 heterocycles. The van der Waals surface area contributed by atoms with Crippen molar-refractivity contribution in [1.29, 1.82) is 0 Å². The maximum Gasteiger partial charge on any atom is 0.277 e. The van der Waals surface area contributed by atoms with Crippen LogP contribution in [0.4, 0.5) is 5.95 Å². The lowest BCUT2D eigenvalue weighted by Crippen LogP contribution is -2.38. The van der Waals surface area contributed by atoms with Crippen LogP contribution in [0.1, 0.15) is 61.5 Å². The molecule has 0 aliphatic carbocycles. The van der Waals surface area contributed by atoms with Gasteiger partial charge in [0.2, 0.25) is 5.95 Å². The second-order valence-electron chi connectivity index (χ2n) is 8.82. The Labute approximate surface area is 195 Å². The standard InChI is InChI=1S/C25H34N6O2/c1-3-21(4-2)31-17-20(22-7-5-6-8-23(22)31)14-26-13-18-9-11-30(12-10-18)25-27-15-19(16-28-25)24(32)29-33/h5-8,15-18,21,26,33H,3-4,9-14H2,1-2H3,(H,29,32). The van der Waals surface area contributed by atoms with Gasteiger partial charge in [0.25, 0.3) is 5.91 Å². The number of fused-ring (bicyclic) bond motifs is 1. The topological polar surface area (TPSA) is 95.3 Å². The lowest BCUT2D eigenvalue weighted by molar-refractivity contribution is 0.0705. The van der Waals surface area contributed by atoms with E-state index in [1.807, 2.05) is 0 Å². The number of nitrogens with one attached hydrogen (secondary N) is 2. The fourth-order valence-corrected chi connectivity index (χ4v) is 4.82. The Balaban J connectivity index is 1.30. The fraction of sp³-hybridized carbons (Fsp3) is 0.480. The molecule has 8 heteroatoms. The molecule has 3 N–H and O–H groups in total. The van der Waals surface area contributed by atoms with Gasteiger partial charge in [0, 0.05) is 55.2 Å². The Kier molecular flexibility index (Phi) is 7.57. The number of amides is 1. The molecule has 1 fully saturated rings. The predicted octanol–water partition coefficient (Wildman–Crippen LogP) is 3.92. The van der Waals surface area contributed by atoms with Crippen LogP contribution in [0.25, 0.3) is 10.9 Å². The van der Waals surface area contributed by atoms with Crippen LogP contribution >= 0.6 is 0 Å². The van der Waals surface area contributed by atoms with Gasteiger partial charge in [0.05, 0.1) is 5.56 Å². The van der Waals surface area contributed by atoms with E-state index >= 15 is 0 Å². The summed E-state index contributed by atoms with van der Waals surface area (Å²) in [5.74, 6) is 0.646. The van der Waals surface area contributed by atoms with Crippen LogP contribution in [-0.2, 0) is 6.54 Å². The van der Waals surface area contributed by atoms with Gasteiger partial charge in [-0.15, -0.1) is 0 Å². The average molecular weight is 451 g/mol. The number of carbonyl (C=O) groups excluding carboxylic acids is 1. The van der Waals surface area contributed by atoms with Crippen molar-refractivity contribution in [2.75, 3.05) is 24.5 Å². The zero-order chi connectivity index (χ0) is 23.2. The van der Waals surface area contributed by atoms with Gasteiger partial charge in [0.1, 0.15) is 0 Å². The van der Waals surface area contributed by atoms with Crippen LogP contribution in [0.3, 0.4) is 0 Å². The molecular formula is C25H34N6O2. The first-order valence-electron chi connectivity index (χ1n) is 11.9. The minimum absolute atomic E-state index is 0.242. The van der Waals surface area contributed by atoms with Gasteiger partial charge in [-0.1, -0.05) is 32.0 Å². The zero-order valence-electron chi connectivity index (χ0n) is 19.5. The number of benzene rings is 1. The molecule has 1 amide bonds. The molecule has 0 atom stereocenters. The van der Waals surface area contributed by atoms with Crippen molar-refractivity contribution < 1.29 is 10.0 Å². The zero-order valence-corrected chi connectivity index (χ0v) is 19.5. The highest BCUT2D eigenvalue weighted by atomic mass is 16.5. The number of rotatable bonds is 9. The van der Waals surface area contributed by atoms with Crippen molar-refractivity contribution in [3.63, 3.8) is 0 Å². The molecule has 0 spiro atoms. The summed E-state index contributed by atoms with van der Waals surface area (Å²) >= 11 is 0. The summed E-state index contributed by atoms with van der Waals surface area (Å²) in [4.78, 5) is 22.1. The van der Waals surface area contributed by atoms with Crippen molar-refractivity contribution in [3.05, 3.63) is 54.0 Å². The van der Waals surface area contributed by atoms with Crippen LogP contribution in [-0.4, -0.2) is 45.3 Å². The third kappa shape index (κ3) is 5.17. The molecule has 8 nitrogen and oxygen atoms in total. The third-order valence-electron chi connectivity index (χ3n) is 6.81. The summed E-state index contributed by atoms with van der Waals surface area (Å²) in [6.07, 6.45) is 9.66. The normalized spacial score (nSPS) is 14.8. The van der Waals surface area contributed by atoms with Crippen molar-refractivity contribution >= 4 is 22.8 Å². The minimum atomic E-state index is -0.602. The van der Waals surface area contributed by atoms with Gasteiger partial charge in [-0.2, -0.15) is 0 Å². The number of carbonyl (C=O) groups is 1. The molecule has 1 aliphatic heterocycles. The number of hydrogen-bond acceptors (Lipinski definition) is 6. The number of piperidine rings is 1. The molecule has 3 aromatic rings. The first-order chi connectivity index (χ1) is 16.1. The molecule has 0 unspecified atom stereocenters. The van der Waals surface area contributed by atoms with Gasteiger partial charge in [-0.05, 0) is 49.8 Å². The largest absolute Gasteiger partial charge is 0.344 e. The highest BCUT2D eigenvalue weighted by Gasteiger charge is 2.21. The van der Waals surface area contributed by atoms with Gasteiger partial charge < -0.3 is 14.8 Å². The summed E-state index contributed by atoms with van der Waals surface area (Å²) in [5.41, 5.74) is 4.54. The quantitative estimate of drug-likeness (QED) is 0.338. The highest BCUT2D eigenvalue weighted by Crippen LogP contribution is 2.28. The minimum Gasteiger partial charge on any atom is -0.344 e. The van der Waals surface area contributed by atoms with Gasteiger partial charge in [0.15, 0.2) is 0 Å². The number of nitrogens with zero attached hydrogens (tertiary/aromatic N) is 4. The third-order valence-corrected chi connectivity index (χ3v) is 6.81. The molecule has 1 aliphatic rings. The van der Waals surface area contributed by atoms with Crippen LogP contribution in [0.5, 0.6) is 0 Å². The number of hydroxylamine groups is 1. The van der Waals surface area contributed by atoms with Crippen LogP contribution in [0.2, 0.25) is 0 Å². The van der Waals surface area contributed by atoms with E-state index in [0.29, 0.717) is 17.9 Å². The number of hydrogen-bond donors (Lipinski definition) is 3.